The molecule has 2 aromatic rings. The van der Waals surface area contributed by atoms with E-state index < -0.39 is 5.91 Å². The first-order valence-electron chi connectivity index (χ1n) is 8.45. The van der Waals surface area contributed by atoms with Gasteiger partial charge in [-0.3, -0.25) is 4.79 Å². The van der Waals surface area contributed by atoms with Crippen LogP contribution in [0.25, 0.3) is 0 Å². The van der Waals surface area contributed by atoms with E-state index in [-0.39, 0.29) is 6.10 Å². The van der Waals surface area contributed by atoms with Crippen LogP contribution in [0, 0.1) is 5.92 Å². The van der Waals surface area contributed by atoms with Crippen LogP contribution < -0.4 is 21.1 Å². The molecule has 1 amide bonds. The summed E-state index contributed by atoms with van der Waals surface area (Å²) in [6.45, 7) is 6.98. The molecular weight excluding hydrogens is 320 g/mol. The predicted octanol–water partition coefficient (Wildman–Crippen LogP) is 0.996. The van der Waals surface area contributed by atoms with Gasteiger partial charge in [0.15, 0.2) is 0 Å². The molecule has 0 aromatic carbocycles. The Kier molecular flexibility index (Phi) is 5.18. The van der Waals surface area contributed by atoms with Crippen LogP contribution in [0.15, 0.2) is 24.5 Å². The van der Waals surface area contributed by atoms with E-state index in [2.05, 4.69) is 20.7 Å². The van der Waals surface area contributed by atoms with Crippen LogP contribution in [-0.2, 0) is 13.1 Å². The molecule has 0 spiro atoms. The topological polar surface area (TPSA) is 107 Å². The van der Waals surface area contributed by atoms with Gasteiger partial charge < -0.3 is 21.1 Å². The normalized spacial score (nSPS) is 16.4. The van der Waals surface area contributed by atoms with Gasteiger partial charge in [-0.1, -0.05) is 6.07 Å². The number of nitrogens with one attached hydrogen (secondary N) is 2. The smallest absolute Gasteiger partial charge is 0.254 e. The summed E-state index contributed by atoms with van der Waals surface area (Å²) in [5.74, 6) is 1.29. The van der Waals surface area contributed by atoms with Gasteiger partial charge in [0.2, 0.25) is 5.88 Å². The van der Waals surface area contributed by atoms with E-state index in [0.29, 0.717) is 29.7 Å². The number of anilines is 1. The first-order valence-corrected chi connectivity index (χ1v) is 8.45. The summed E-state index contributed by atoms with van der Waals surface area (Å²) in [7, 11) is 0. The SMILES string of the molecule is CC(C)Oc1ncccc1CNCC1CNc2c(C(N)=O)cnn2C1. The molecule has 0 bridgehead atoms. The standard InChI is InChI=1S/C17H24N6O2/c1-11(2)25-17-13(4-3-5-20-17)8-19-6-12-7-21-16-14(15(18)24)9-22-23(16)10-12/h3-5,9,11-12,19,21H,6-8,10H2,1-2H3,(H2,18,24). The molecule has 4 N–H and O–H groups in total. The maximum Gasteiger partial charge on any atom is 0.254 e. The van der Waals surface area contributed by atoms with E-state index in [0.717, 1.165) is 25.2 Å². The van der Waals surface area contributed by atoms with Crippen LogP contribution in [-0.4, -0.2) is 39.9 Å². The fourth-order valence-electron chi connectivity index (χ4n) is 2.88. The molecule has 8 heteroatoms. The van der Waals surface area contributed by atoms with Crippen LogP contribution in [0.2, 0.25) is 0 Å². The molecule has 0 aliphatic carbocycles. The number of nitrogens with two attached hydrogens (primary N) is 1. The molecule has 1 aliphatic rings. The Bertz CT molecular complexity index is 742. The van der Waals surface area contributed by atoms with Crippen molar-refractivity contribution in [1.29, 1.82) is 0 Å². The second kappa shape index (κ2) is 7.52. The first kappa shape index (κ1) is 17.2. The number of carbonyl (C=O) groups is 1. The molecule has 134 valence electrons. The van der Waals surface area contributed by atoms with E-state index in [1.807, 2.05) is 26.0 Å². The molecule has 0 fully saturated rings. The molecule has 8 nitrogen and oxygen atoms in total. The molecule has 0 saturated carbocycles. The number of rotatable bonds is 7. The number of hydrogen-bond acceptors (Lipinski definition) is 6. The molecule has 3 heterocycles. The summed E-state index contributed by atoms with van der Waals surface area (Å²) in [5, 5.41) is 10.9. The minimum Gasteiger partial charge on any atom is -0.475 e. The van der Waals surface area contributed by atoms with Gasteiger partial charge >= 0.3 is 0 Å². The van der Waals surface area contributed by atoms with Gasteiger partial charge in [-0.05, 0) is 19.9 Å². The highest BCUT2D eigenvalue weighted by Crippen LogP contribution is 2.21. The van der Waals surface area contributed by atoms with Crippen molar-refractivity contribution >= 4 is 11.7 Å². The van der Waals surface area contributed by atoms with Crippen LogP contribution in [0.1, 0.15) is 29.8 Å². The summed E-state index contributed by atoms with van der Waals surface area (Å²) in [6.07, 6.45) is 3.35. The molecule has 0 saturated heterocycles. The maximum atomic E-state index is 11.4. The van der Waals surface area contributed by atoms with Crippen molar-refractivity contribution in [3.05, 3.63) is 35.7 Å². The number of amides is 1. The average molecular weight is 344 g/mol. The van der Waals surface area contributed by atoms with Gasteiger partial charge in [0.05, 0.1) is 12.3 Å². The second-order valence-electron chi connectivity index (χ2n) is 6.47. The third-order valence-electron chi connectivity index (χ3n) is 4.04. The van der Waals surface area contributed by atoms with Crippen LogP contribution in [0.5, 0.6) is 5.88 Å². The molecule has 25 heavy (non-hydrogen) atoms. The van der Waals surface area contributed by atoms with Gasteiger partial charge in [0.25, 0.3) is 5.91 Å². The summed E-state index contributed by atoms with van der Waals surface area (Å²) in [6, 6.07) is 3.93. The molecule has 2 aromatic heterocycles. The van der Waals surface area contributed by atoms with Crippen molar-refractivity contribution in [2.24, 2.45) is 11.7 Å². The Morgan fingerprint density at radius 2 is 2.40 bits per heavy atom. The Labute approximate surface area is 146 Å². The number of fused-ring (bicyclic) bond motifs is 1. The third kappa shape index (κ3) is 4.08. The summed E-state index contributed by atoms with van der Waals surface area (Å²) < 4.78 is 7.54. The summed E-state index contributed by atoms with van der Waals surface area (Å²) in [5.41, 5.74) is 6.83. The number of aromatic nitrogens is 3. The Hall–Kier alpha value is -2.61. The predicted molar refractivity (Wildman–Crippen MR) is 94.4 cm³/mol. The zero-order valence-corrected chi connectivity index (χ0v) is 14.5. The Morgan fingerprint density at radius 3 is 3.16 bits per heavy atom. The fraction of sp³-hybridized carbons (Fsp3) is 0.471. The monoisotopic (exact) mass is 344 g/mol. The Balaban J connectivity index is 1.54. The van der Waals surface area contributed by atoms with Crippen molar-refractivity contribution in [3.63, 3.8) is 0 Å². The molecular formula is C17H24N6O2. The number of primary amides is 1. The fourth-order valence-corrected chi connectivity index (χ4v) is 2.88. The largest absolute Gasteiger partial charge is 0.475 e. The van der Waals surface area contributed by atoms with Crippen LogP contribution in [0.4, 0.5) is 5.82 Å². The van der Waals surface area contributed by atoms with E-state index >= 15 is 0 Å². The number of ether oxygens (including phenoxy) is 1. The minimum atomic E-state index is -0.459. The quantitative estimate of drug-likeness (QED) is 0.692. The zero-order valence-electron chi connectivity index (χ0n) is 14.5. The number of hydrogen-bond donors (Lipinski definition) is 3. The van der Waals surface area contributed by atoms with Crippen molar-refractivity contribution in [3.8, 4) is 5.88 Å². The van der Waals surface area contributed by atoms with Crippen molar-refractivity contribution in [2.45, 2.75) is 33.0 Å². The minimum absolute atomic E-state index is 0.0916. The Morgan fingerprint density at radius 1 is 1.56 bits per heavy atom. The van der Waals surface area contributed by atoms with Crippen LogP contribution >= 0.6 is 0 Å². The molecule has 3 rings (SSSR count). The molecule has 1 atom stereocenters. The molecule has 1 unspecified atom stereocenters. The highest BCUT2D eigenvalue weighted by atomic mass is 16.5. The summed E-state index contributed by atoms with van der Waals surface area (Å²) in [4.78, 5) is 15.7. The number of nitrogens with zero attached hydrogens (tertiary/aromatic N) is 3. The number of carbonyl (C=O) groups excluding carboxylic acids is 1. The average Bonchev–Trinajstić information content (AvgIpc) is 2.99. The van der Waals surface area contributed by atoms with Crippen molar-refractivity contribution in [1.82, 2.24) is 20.1 Å². The third-order valence-corrected chi connectivity index (χ3v) is 4.04. The van der Waals surface area contributed by atoms with E-state index in [1.165, 1.54) is 6.20 Å². The zero-order chi connectivity index (χ0) is 17.8. The van der Waals surface area contributed by atoms with Crippen molar-refractivity contribution in [2.75, 3.05) is 18.4 Å². The lowest BCUT2D eigenvalue weighted by Gasteiger charge is -2.25. The van der Waals surface area contributed by atoms with Gasteiger partial charge in [-0.15, -0.1) is 0 Å². The molecule has 0 radical (unpaired) electrons. The molecule has 1 aliphatic heterocycles. The van der Waals surface area contributed by atoms with Gasteiger partial charge in [0, 0.05) is 43.9 Å². The van der Waals surface area contributed by atoms with Gasteiger partial charge in [-0.25, -0.2) is 9.67 Å². The van der Waals surface area contributed by atoms with E-state index in [9.17, 15) is 4.79 Å². The lowest BCUT2D eigenvalue weighted by atomic mass is 10.1. The second-order valence-corrected chi connectivity index (χ2v) is 6.47. The van der Waals surface area contributed by atoms with E-state index in [4.69, 9.17) is 10.5 Å². The van der Waals surface area contributed by atoms with E-state index in [1.54, 1.807) is 10.9 Å². The van der Waals surface area contributed by atoms with Gasteiger partial charge in [0.1, 0.15) is 11.4 Å². The summed E-state index contributed by atoms with van der Waals surface area (Å²) >= 11 is 0. The first-order chi connectivity index (χ1) is 12.0. The lowest BCUT2D eigenvalue weighted by Crippen LogP contribution is -2.35. The lowest BCUT2D eigenvalue weighted by molar-refractivity contribution is 0.100. The maximum absolute atomic E-state index is 11.4. The highest BCUT2D eigenvalue weighted by Gasteiger charge is 2.23. The van der Waals surface area contributed by atoms with Gasteiger partial charge in [-0.2, -0.15) is 5.10 Å². The number of pyridine rings is 1. The van der Waals surface area contributed by atoms with Crippen LogP contribution in [0.3, 0.4) is 0 Å². The highest BCUT2D eigenvalue weighted by molar-refractivity contribution is 5.97. The van der Waals surface area contributed by atoms with Crippen molar-refractivity contribution < 1.29 is 9.53 Å².